The highest BCUT2D eigenvalue weighted by Gasteiger charge is 2.30. The van der Waals surface area contributed by atoms with Crippen molar-refractivity contribution < 1.29 is 4.79 Å². The first-order valence-corrected chi connectivity index (χ1v) is 6.45. The number of amides is 1. The van der Waals surface area contributed by atoms with Crippen LogP contribution in [0.5, 0.6) is 0 Å². The van der Waals surface area contributed by atoms with E-state index in [4.69, 9.17) is 5.73 Å². The summed E-state index contributed by atoms with van der Waals surface area (Å²) in [6, 6.07) is 0.0151. The number of nitrogens with one attached hydrogen (secondary N) is 1. The Bertz CT molecular complexity index is 251. The predicted octanol–water partition coefficient (Wildman–Crippen LogP) is 0.324. The molecule has 0 aromatic carbocycles. The van der Waals surface area contributed by atoms with Crippen molar-refractivity contribution >= 4 is 5.91 Å². The van der Waals surface area contributed by atoms with Gasteiger partial charge in [-0.05, 0) is 45.1 Å². The number of rotatable bonds is 5. The monoisotopic (exact) mass is 225 g/mol. The average molecular weight is 225 g/mol. The van der Waals surface area contributed by atoms with Crippen LogP contribution in [0.1, 0.15) is 32.6 Å². The second kappa shape index (κ2) is 5.15. The molecule has 4 heteroatoms. The summed E-state index contributed by atoms with van der Waals surface area (Å²) < 4.78 is 0. The van der Waals surface area contributed by atoms with Crippen molar-refractivity contribution in [2.24, 2.45) is 11.7 Å². The zero-order valence-electron chi connectivity index (χ0n) is 10.1. The lowest BCUT2D eigenvalue weighted by molar-refractivity contribution is -0.132. The third-order valence-corrected chi connectivity index (χ3v) is 3.56. The van der Waals surface area contributed by atoms with Crippen LogP contribution in [0.2, 0.25) is 0 Å². The molecule has 1 aliphatic heterocycles. The first kappa shape index (κ1) is 11.9. The summed E-state index contributed by atoms with van der Waals surface area (Å²) in [6.07, 6.45) is 4.99. The van der Waals surface area contributed by atoms with Gasteiger partial charge in [0.2, 0.25) is 5.91 Å². The van der Waals surface area contributed by atoms with Gasteiger partial charge in [0, 0.05) is 19.1 Å². The quantitative estimate of drug-likeness (QED) is 0.708. The van der Waals surface area contributed by atoms with E-state index in [2.05, 4.69) is 5.32 Å². The summed E-state index contributed by atoms with van der Waals surface area (Å²) in [5.41, 5.74) is 5.65. The summed E-state index contributed by atoms with van der Waals surface area (Å²) in [6.45, 7) is 4.72. The second-order valence-electron chi connectivity index (χ2n) is 5.22. The highest BCUT2D eigenvalue weighted by Crippen LogP contribution is 2.27. The van der Waals surface area contributed by atoms with E-state index < -0.39 is 0 Å². The lowest BCUT2D eigenvalue weighted by atomic mass is 10.2. The smallest absolute Gasteiger partial charge is 0.239 e. The highest BCUT2D eigenvalue weighted by atomic mass is 16.2. The Morgan fingerprint density at radius 2 is 2.19 bits per heavy atom. The van der Waals surface area contributed by atoms with E-state index in [1.165, 1.54) is 12.8 Å². The number of nitrogens with zero attached hydrogens (tertiary/aromatic N) is 1. The van der Waals surface area contributed by atoms with Crippen LogP contribution in [0.4, 0.5) is 0 Å². The normalized spacial score (nSPS) is 27.1. The molecule has 1 amide bonds. The van der Waals surface area contributed by atoms with Crippen molar-refractivity contribution in [1.29, 1.82) is 0 Å². The number of likely N-dealkylation sites (tertiary alicyclic amines) is 1. The maximum absolute atomic E-state index is 11.8. The summed E-state index contributed by atoms with van der Waals surface area (Å²) >= 11 is 0. The van der Waals surface area contributed by atoms with Crippen LogP contribution in [0.3, 0.4) is 0 Å². The molecule has 0 aromatic heterocycles. The minimum absolute atomic E-state index is 0.107. The van der Waals surface area contributed by atoms with Crippen molar-refractivity contribution in [2.75, 3.05) is 19.6 Å². The Labute approximate surface area is 97.6 Å². The van der Waals surface area contributed by atoms with Gasteiger partial charge >= 0.3 is 0 Å². The molecule has 16 heavy (non-hydrogen) atoms. The van der Waals surface area contributed by atoms with Crippen LogP contribution in [-0.2, 0) is 4.79 Å². The van der Waals surface area contributed by atoms with Gasteiger partial charge in [0.25, 0.3) is 0 Å². The van der Waals surface area contributed by atoms with Gasteiger partial charge in [0.15, 0.2) is 0 Å². The van der Waals surface area contributed by atoms with E-state index >= 15 is 0 Å². The Kier molecular flexibility index (Phi) is 3.82. The molecule has 2 rings (SSSR count). The number of carbonyl (C=O) groups excluding carboxylic acids is 1. The standard InChI is InChI=1S/C12H23N3O/c1-9(13)12(16)15-6-2-3-11(15)8-14-7-10-4-5-10/h9-11,14H,2-8,13H2,1H3/t9?,11-/m0/s1. The third kappa shape index (κ3) is 2.95. The SMILES string of the molecule is CC(N)C(=O)N1CCC[C@H]1CNCC1CC1. The minimum atomic E-state index is -0.357. The molecule has 2 aliphatic rings. The van der Waals surface area contributed by atoms with Gasteiger partial charge in [-0.3, -0.25) is 4.79 Å². The first-order chi connectivity index (χ1) is 7.68. The predicted molar refractivity (Wildman–Crippen MR) is 64.0 cm³/mol. The van der Waals surface area contributed by atoms with Crippen molar-refractivity contribution in [3.05, 3.63) is 0 Å². The van der Waals surface area contributed by atoms with Crippen molar-refractivity contribution in [1.82, 2.24) is 10.2 Å². The van der Waals surface area contributed by atoms with Gasteiger partial charge in [-0.25, -0.2) is 0 Å². The number of nitrogens with two attached hydrogens (primary N) is 1. The van der Waals surface area contributed by atoms with E-state index in [1.54, 1.807) is 6.92 Å². The molecule has 0 aromatic rings. The molecule has 2 fully saturated rings. The van der Waals surface area contributed by atoms with Crippen molar-refractivity contribution in [2.45, 2.75) is 44.7 Å². The molecule has 3 N–H and O–H groups in total. The van der Waals surface area contributed by atoms with E-state index in [-0.39, 0.29) is 11.9 Å². The second-order valence-corrected chi connectivity index (χ2v) is 5.22. The van der Waals surface area contributed by atoms with Gasteiger partial charge in [-0.15, -0.1) is 0 Å². The van der Waals surface area contributed by atoms with E-state index in [0.29, 0.717) is 6.04 Å². The molecular formula is C12H23N3O. The van der Waals surface area contributed by atoms with Crippen molar-refractivity contribution in [3.8, 4) is 0 Å². The molecule has 0 spiro atoms. The zero-order valence-corrected chi connectivity index (χ0v) is 10.1. The van der Waals surface area contributed by atoms with Gasteiger partial charge < -0.3 is 16.0 Å². The van der Waals surface area contributed by atoms with Gasteiger partial charge in [0.05, 0.1) is 6.04 Å². The molecule has 4 nitrogen and oxygen atoms in total. The van der Waals surface area contributed by atoms with Crippen LogP contribution in [0, 0.1) is 5.92 Å². The average Bonchev–Trinajstić information content (AvgIpc) is 2.95. The molecule has 1 saturated heterocycles. The number of hydrogen-bond donors (Lipinski definition) is 2. The highest BCUT2D eigenvalue weighted by molar-refractivity contribution is 5.81. The maximum atomic E-state index is 11.8. The van der Waals surface area contributed by atoms with Crippen LogP contribution in [0.25, 0.3) is 0 Å². The molecule has 2 atom stereocenters. The first-order valence-electron chi connectivity index (χ1n) is 6.45. The molecule has 0 bridgehead atoms. The molecular weight excluding hydrogens is 202 g/mol. The molecule has 0 radical (unpaired) electrons. The Balaban J connectivity index is 1.75. The lowest BCUT2D eigenvalue weighted by Crippen LogP contribution is -2.47. The Morgan fingerprint density at radius 1 is 1.44 bits per heavy atom. The molecule has 92 valence electrons. The van der Waals surface area contributed by atoms with E-state index in [9.17, 15) is 4.79 Å². The minimum Gasteiger partial charge on any atom is -0.337 e. The van der Waals surface area contributed by atoms with Gasteiger partial charge in [-0.2, -0.15) is 0 Å². The van der Waals surface area contributed by atoms with E-state index in [1.807, 2.05) is 4.90 Å². The van der Waals surface area contributed by atoms with Gasteiger partial charge in [-0.1, -0.05) is 0 Å². The summed E-state index contributed by atoms with van der Waals surface area (Å²) in [4.78, 5) is 13.8. The Hall–Kier alpha value is -0.610. The fourth-order valence-corrected chi connectivity index (χ4v) is 2.38. The van der Waals surface area contributed by atoms with Crippen LogP contribution in [-0.4, -0.2) is 42.5 Å². The number of hydrogen-bond acceptors (Lipinski definition) is 3. The molecule has 1 heterocycles. The fraction of sp³-hybridized carbons (Fsp3) is 0.917. The molecule has 1 unspecified atom stereocenters. The lowest BCUT2D eigenvalue weighted by Gasteiger charge is -2.26. The third-order valence-electron chi connectivity index (χ3n) is 3.56. The van der Waals surface area contributed by atoms with Crippen LogP contribution >= 0.6 is 0 Å². The largest absolute Gasteiger partial charge is 0.337 e. The van der Waals surface area contributed by atoms with Crippen LogP contribution in [0.15, 0.2) is 0 Å². The van der Waals surface area contributed by atoms with Crippen LogP contribution < -0.4 is 11.1 Å². The van der Waals surface area contributed by atoms with Gasteiger partial charge in [0.1, 0.15) is 0 Å². The fourth-order valence-electron chi connectivity index (χ4n) is 2.38. The summed E-state index contributed by atoms with van der Waals surface area (Å²) in [7, 11) is 0. The molecule has 1 saturated carbocycles. The molecule has 1 aliphatic carbocycles. The number of carbonyl (C=O) groups is 1. The summed E-state index contributed by atoms with van der Waals surface area (Å²) in [5, 5.41) is 3.48. The van der Waals surface area contributed by atoms with E-state index in [0.717, 1.165) is 38.4 Å². The van der Waals surface area contributed by atoms with Crippen molar-refractivity contribution in [3.63, 3.8) is 0 Å². The summed E-state index contributed by atoms with van der Waals surface area (Å²) in [5.74, 6) is 1.01. The maximum Gasteiger partial charge on any atom is 0.239 e. The Morgan fingerprint density at radius 3 is 2.81 bits per heavy atom. The topological polar surface area (TPSA) is 58.4 Å². The zero-order chi connectivity index (χ0) is 11.5.